The van der Waals surface area contributed by atoms with E-state index in [9.17, 15) is 13.2 Å². The lowest BCUT2D eigenvalue weighted by molar-refractivity contribution is -0.138. The second-order valence-corrected chi connectivity index (χ2v) is 8.21. The number of halogens is 3. The monoisotopic (exact) mass is 403 g/mol. The molecule has 0 unspecified atom stereocenters. The fourth-order valence-electron chi connectivity index (χ4n) is 4.18. The Hall–Kier alpha value is -1.89. The Morgan fingerprint density at radius 2 is 1.69 bits per heavy atom. The maximum Gasteiger partial charge on any atom is 0.416 e. The van der Waals surface area contributed by atoms with E-state index in [1.54, 1.807) is 6.07 Å². The molecule has 1 saturated heterocycles. The Labute approximate surface area is 170 Å². The zero-order valence-electron chi connectivity index (χ0n) is 16.8. The molecule has 2 fully saturated rings. The molecule has 1 aliphatic carbocycles. The van der Waals surface area contributed by atoms with E-state index in [2.05, 4.69) is 22.2 Å². The van der Waals surface area contributed by atoms with Crippen LogP contribution in [0, 0.1) is 0 Å². The molecule has 1 N–H and O–H groups in total. The smallest absolute Gasteiger partial charge is 0.312 e. The first-order chi connectivity index (χ1) is 13.9. The minimum absolute atomic E-state index is 0.0519. The van der Waals surface area contributed by atoms with Gasteiger partial charge >= 0.3 is 6.18 Å². The second kappa shape index (κ2) is 8.46. The van der Waals surface area contributed by atoms with Crippen molar-refractivity contribution in [2.24, 2.45) is 0 Å². The van der Waals surface area contributed by atoms with E-state index in [1.807, 2.05) is 36.4 Å². The van der Waals surface area contributed by atoms with Crippen LogP contribution in [0.25, 0.3) is 11.1 Å². The molecular formula is C23H28F3N3. The lowest BCUT2D eigenvalue weighted by Gasteiger charge is -2.32. The molecule has 2 aliphatic rings. The number of benzene rings is 2. The summed E-state index contributed by atoms with van der Waals surface area (Å²) in [6.45, 7) is 6.06. The van der Waals surface area contributed by atoms with E-state index >= 15 is 0 Å². The van der Waals surface area contributed by atoms with Crippen molar-refractivity contribution in [3.05, 3.63) is 59.7 Å². The molecule has 0 spiro atoms. The molecule has 0 radical (unpaired) electrons. The highest BCUT2D eigenvalue weighted by molar-refractivity contribution is 5.65. The average molecular weight is 403 g/mol. The van der Waals surface area contributed by atoms with Crippen molar-refractivity contribution < 1.29 is 13.2 Å². The van der Waals surface area contributed by atoms with Gasteiger partial charge < -0.3 is 10.2 Å². The van der Waals surface area contributed by atoms with Gasteiger partial charge in [-0.05, 0) is 36.2 Å². The van der Waals surface area contributed by atoms with Crippen LogP contribution in [0.2, 0.25) is 0 Å². The summed E-state index contributed by atoms with van der Waals surface area (Å²) in [5, 5.41) is 3.47. The third kappa shape index (κ3) is 5.00. The van der Waals surface area contributed by atoms with E-state index < -0.39 is 11.7 Å². The number of rotatable bonds is 6. The second-order valence-electron chi connectivity index (χ2n) is 8.21. The zero-order valence-corrected chi connectivity index (χ0v) is 16.8. The molecule has 0 aromatic heterocycles. The molecule has 2 aromatic rings. The fraction of sp³-hybridized carbons (Fsp3) is 0.478. The van der Waals surface area contributed by atoms with Gasteiger partial charge in [0, 0.05) is 51.2 Å². The molecule has 3 nitrogen and oxygen atoms in total. The van der Waals surface area contributed by atoms with Crippen LogP contribution in [-0.2, 0) is 6.18 Å². The number of nitrogens with zero attached hydrogens (tertiary/aromatic N) is 2. The van der Waals surface area contributed by atoms with Gasteiger partial charge in [0.05, 0.1) is 5.56 Å². The maximum absolute atomic E-state index is 13.8. The minimum Gasteiger partial charge on any atom is -0.312 e. The summed E-state index contributed by atoms with van der Waals surface area (Å²) in [7, 11) is 2.13. The van der Waals surface area contributed by atoms with Crippen molar-refractivity contribution in [3.8, 4) is 11.1 Å². The number of hydrogen-bond donors (Lipinski definition) is 1. The standard InChI is InChI=1S/C23H28F3N3/c1-28-11-13-29(14-12-28)10-9-27-22-16-20(22)19-8-7-18(15-21(19)23(24,25)26)17-5-3-2-4-6-17/h2-8,15,20,22,27H,9-14,16H2,1H3/t20-,22+/m0/s1. The van der Waals surface area contributed by atoms with Gasteiger partial charge in [-0.15, -0.1) is 0 Å². The first-order valence-corrected chi connectivity index (χ1v) is 10.3. The number of nitrogens with one attached hydrogen (secondary N) is 1. The number of alkyl halides is 3. The Morgan fingerprint density at radius 1 is 0.966 bits per heavy atom. The quantitative estimate of drug-likeness (QED) is 0.785. The van der Waals surface area contributed by atoms with Crippen LogP contribution in [0.1, 0.15) is 23.5 Å². The molecular weight excluding hydrogens is 375 g/mol. The van der Waals surface area contributed by atoms with Gasteiger partial charge in [-0.1, -0.05) is 42.5 Å². The van der Waals surface area contributed by atoms with E-state index in [0.717, 1.165) is 51.3 Å². The summed E-state index contributed by atoms with van der Waals surface area (Å²) in [6.07, 6.45) is -3.57. The Bertz CT molecular complexity index is 814. The molecule has 4 rings (SSSR count). The minimum atomic E-state index is -4.34. The van der Waals surface area contributed by atoms with Gasteiger partial charge in [-0.2, -0.15) is 13.2 Å². The Morgan fingerprint density at radius 3 is 2.38 bits per heavy atom. The van der Waals surface area contributed by atoms with Crippen LogP contribution in [-0.4, -0.2) is 62.2 Å². The highest BCUT2D eigenvalue weighted by Gasteiger charge is 2.44. The van der Waals surface area contributed by atoms with Crippen LogP contribution < -0.4 is 5.32 Å². The van der Waals surface area contributed by atoms with Crippen molar-refractivity contribution >= 4 is 0 Å². The highest BCUT2D eigenvalue weighted by Crippen LogP contribution is 2.47. The van der Waals surface area contributed by atoms with Gasteiger partial charge in [-0.25, -0.2) is 0 Å². The Kier molecular flexibility index (Phi) is 5.95. The molecule has 156 valence electrons. The van der Waals surface area contributed by atoms with Crippen LogP contribution in [0.15, 0.2) is 48.5 Å². The van der Waals surface area contributed by atoms with E-state index in [-0.39, 0.29) is 12.0 Å². The summed E-state index contributed by atoms with van der Waals surface area (Å²) < 4.78 is 41.3. The third-order valence-corrected chi connectivity index (χ3v) is 6.09. The van der Waals surface area contributed by atoms with E-state index in [0.29, 0.717) is 11.1 Å². The van der Waals surface area contributed by atoms with Crippen LogP contribution in [0.4, 0.5) is 13.2 Å². The predicted molar refractivity (Wildman–Crippen MR) is 110 cm³/mol. The molecule has 1 aliphatic heterocycles. The van der Waals surface area contributed by atoms with Crippen LogP contribution in [0.5, 0.6) is 0 Å². The first-order valence-electron chi connectivity index (χ1n) is 10.3. The van der Waals surface area contributed by atoms with Gasteiger partial charge in [0.1, 0.15) is 0 Å². The summed E-state index contributed by atoms with van der Waals surface area (Å²) in [4.78, 5) is 4.73. The van der Waals surface area contributed by atoms with Crippen LogP contribution in [0.3, 0.4) is 0 Å². The van der Waals surface area contributed by atoms with Gasteiger partial charge in [0.15, 0.2) is 0 Å². The van der Waals surface area contributed by atoms with Crippen molar-refractivity contribution in [3.63, 3.8) is 0 Å². The van der Waals surface area contributed by atoms with Gasteiger partial charge in [0.2, 0.25) is 0 Å². The zero-order chi connectivity index (χ0) is 20.4. The summed E-state index contributed by atoms with van der Waals surface area (Å²) in [5.74, 6) is -0.0519. The molecule has 29 heavy (non-hydrogen) atoms. The normalized spacial score (nSPS) is 23.3. The SMILES string of the molecule is CN1CCN(CCN[C@@H]2C[C@H]2c2ccc(-c3ccccc3)cc2C(F)(F)F)CC1. The van der Waals surface area contributed by atoms with Crippen molar-refractivity contribution in [1.82, 2.24) is 15.1 Å². The summed E-state index contributed by atoms with van der Waals surface area (Å²) in [6, 6.07) is 14.2. The van der Waals surface area contributed by atoms with E-state index in [1.165, 1.54) is 6.07 Å². The largest absolute Gasteiger partial charge is 0.416 e. The topological polar surface area (TPSA) is 18.5 Å². The highest BCUT2D eigenvalue weighted by atomic mass is 19.4. The summed E-state index contributed by atoms with van der Waals surface area (Å²) in [5.41, 5.74) is 1.35. The molecule has 1 saturated carbocycles. The Balaban J connectivity index is 1.39. The molecule has 2 atom stereocenters. The fourth-order valence-corrected chi connectivity index (χ4v) is 4.18. The molecule has 1 heterocycles. The van der Waals surface area contributed by atoms with Gasteiger partial charge in [0.25, 0.3) is 0 Å². The van der Waals surface area contributed by atoms with Gasteiger partial charge in [-0.3, -0.25) is 4.90 Å². The van der Waals surface area contributed by atoms with Crippen molar-refractivity contribution in [1.29, 1.82) is 0 Å². The van der Waals surface area contributed by atoms with Crippen LogP contribution >= 0.6 is 0 Å². The molecule has 6 heteroatoms. The lowest BCUT2D eigenvalue weighted by atomic mass is 9.96. The molecule has 0 bridgehead atoms. The van der Waals surface area contributed by atoms with E-state index in [4.69, 9.17) is 0 Å². The average Bonchev–Trinajstić information content (AvgIpc) is 3.48. The summed E-state index contributed by atoms with van der Waals surface area (Å²) >= 11 is 0. The first kappa shape index (κ1) is 20.4. The molecule has 0 amide bonds. The maximum atomic E-state index is 13.8. The molecule has 2 aromatic carbocycles. The number of hydrogen-bond acceptors (Lipinski definition) is 3. The van der Waals surface area contributed by atoms with Crippen molar-refractivity contribution in [2.45, 2.75) is 24.6 Å². The van der Waals surface area contributed by atoms with Crippen molar-refractivity contribution in [2.75, 3.05) is 46.3 Å². The third-order valence-electron chi connectivity index (χ3n) is 6.09. The number of likely N-dealkylation sites (N-methyl/N-ethyl adjacent to an activating group) is 1. The lowest BCUT2D eigenvalue weighted by Crippen LogP contribution is -2.46. The number of piperazine rings is 1. The predicted octanol–water partition coefficient (Wildman–Crippen LogP) is 4.07.